The first kappa shape index (κ1) is 9.59. The summed E-state index contributed by atoms with van der Waals surface area (Å²) in [6.45, 7) is 2.57. The van der Waals surface area contributed by atoms with Crippen molar-refractivity contribution in [3.63, 3.8) is 0 Å². The summed E-state index contributed by atoms with van der Waals surface area (Å²) in [5, 5.41) is 0. The molecule has 0 spiro atoms. The van der Waals surface area contributed by atoms with Crippen molar-refractivity contribution in [1.82, 2.24) is 0 Å². The van der Waals surface area contributed by atoms with Gasteiger partial charge in [-0.25, -0.2) is 0 Å². The van der Waals surface area contributed by atoms with Gasteiger partial charge < -0.3 is 4.74 Å². The summed E-state index contributed by atoms with van der Waals surface area (Å²) in [4.78, 5) is 0. The molecule has 9 heavy (non-hydrogen) atoms. The van der Waals surface area contributed by atoms with Gasteiger partial charge in [0.1, 0.15) is 5.44 Å². The highest BCUT2D eigenvalue weighted by molar-refractivity contribution is 8.01. The van der Waals surface area contributed by atoms with Crippen LogP contribution < -0.4 is 0 Å². The summed E-state index contributed by atoms with van der Waals surface area (Å²) < 4.78 is 16.7. The Morgan fingerprint density at radius 2 is 2.33 bits per heavy atom. The largest absolute Gasteiger partial charge is 0.367 e. The second-order valence-corrected chi connectivity index (χ2v) is 2.95. The Hall–Kier alpha value is 0.590. The van der Waals surface area contributed by atoms with Crippen LogP contribution in [0.2, 0.25) is 0 Å². The van der Waals surface area contributed by atoms with Gasteiger partial charge in [0.25, 0.3) is 0 Å². The summed E-state index contributed by atoms with van der Waals surface area (Å²) >= 11 is 1.86. The van der Waals surface area contributed by atoms with E-state index in [0.717, 1.165) is 0 Å². The second-order valence-electron chi connectivity index (χ2n) is 1.40. The van der Waals surface area contributed by atoms with Gasteiger partial charge in [0.05, 0.1) is 5.75 Å². The zero-order valence-corrected chi connectivity index (χ0v) is 7.23. The van der Waals surface area contributed by atoms with Crippen LogP contribution in [0.3, 0.4) is 0 Å². The Labute approximate surface area is 64.0 Å². The van der Waals surface area contributed by atoms with Gasteiger partial charge in [-0.3, -0.25) is 0 Å². The Morgan fingerprint density at radius 1 is 1.67 bits per heavy atom. The van der Waals surface area contributed by atoms with Crippen molar-refractivity contribution in [2.24, 2.45) is 0 Å². The standard InChI is InChI=1S/C5H11FOS2/c1-3-7-5(8-2)4-9-6/h5H,3-4H2,1-2H3. The van der Waals surface area contributed by atoms with Crippen LogP contribution in [0.5, 0.6) is 0 Å². The zero-order chi connectivity index (χ0) is 7.11. The summed E-state index contributed by atoms with van der Waals surface area (Å²) in [5.41, 5.74) is 0.0185. The first-order valence-electron chi connectivity index (χ1n) is 2.73. The minimum Gasteiger partial charge on any atom is -0.367 e. The molecule has 0 saturated heterocycles. The van der Waals surface area contributed by atoms with Crippen LogP contribution in [-0.2, 0) is 4.74 Å². The second kappa shape index (κ2) is 6.71. The molecule has 1 atom stereocenters. The third-order valence-corrected chi connectivity index (χ3v) is 2.28. The van der Waals surface area contributed by atoms with Crippen LogP contribution in [-0.4, -0.2) is 24.1 Å². The Balaban J connectivity index is 3.18. The van der Waals surface area contributed by atoms with Crippen LogP contribution >= 0.6 is 23.9 Å². The molecule has 0 aromatic rings. The lowest BCUT2D eigenvalue weighted by atomic mass is 10.8. The van der Waals surface area contributed by atoms with Gasteiger partial charge in [-0.15, -0.1) is 11.8 Å². The molecule has 0 aliphatic carbocycles. The predicted octanol–water partition coefficient (Wildman–Crippen LogP) is 2.33. The van der Waals surface area contributed by atoms with Crippen LogP contribution in [0.1, 0.15) is 6.92 Å². The summed E-state index contributed by atoms with van der Waals surface area (Å²) in [6, 6.07) is 0. The average Bonchev–Trinajstić information content (AvgIpc) is 1.88. The van der Waals surface area contributed by atoms with Crippen molar-refractivity contribution in [3.05, 3.63) is 0 Å². The van der Waals surface area contributed by atoms with Crippen molar-refractivity contribution in [1.29, 1.82) is 0 Å². The molecule has 4 heteroatoms. The van der Waals surface area contributed by atoms with Gasteiger partial charge in [-0.1, -0.05) is 0 Å². The lowest BCUT2D eigenvalue weighted by Gasteiger charge is -2.10. The molecule has 56 valence electrons. The van der Waals surface area contributed by atoms with Crippen molar-refractivity contribution < 1.29 is 8.62 Å². The van der Waals surface area contributed by atoms with Crippen molar-refractivity contribution >= 4 is 23.9 Å². The van der Waals surface area contributed by atoms with Crippen LogP contribution in [0.15, 0.2) is 0 Å². The van der Waals surface area contributed by atoms with E-state index in [9.17, 15) is 3.89 Å². The third kappa shape index (κ3) is 5.06. The van der Waals surface area contributed by atoms with Gasteiger partial charge in [0.15, 0.2) is 0 Å². The molecule has 0 aromatic heterocycles. The zero-order valence-electron chi connectivity index (χ0n) is 5.59. The molecule has 0 bridgehead atoms. The molecule has 0 amide bonds. The monoisotopic (exact) mass is 170 g/mol. The molecule has 0 rings (SSSR count). The molecular formula is C5H11FOS2. The van der Waals surface area contributed by atoms with E-state index in [1.54, 1.807) is 0 Å². The van der Waals surface area contributed by atoms with Gasteiger partial charge >= 0.3 is 0 Å². The van der Waals surface area contributed by atoms with Crippen LogP contribution in [0.4, 0.5) is 3.89 Å². The van der Waals surface area contributed by atoms with Crippen molar-refractivity contribution in [3.8, 4) is 0 Å². The van der Waals surface area contributed by atoms with Gasteiger partial charge in [-0.2, -0.15) is 3.89 Å². The Morgan fingerprint density at radius 3 is 2.67 bits per heavy atom. The molecule has 0 aliphatic rings. The summed E-state index contributed by atoms with van der Waals surface area (Å²) in [5.74, 6) is 0.426. The van der Waals surface area contributed by atoms with Gasteiger partial charge in [0, 0.05) is 18.8 Å². The smallest absolute Gasteiger partial charge is 0.114 e. The highest BCUT2D eigenvalue weighted by atomic mass is 32.2. The van der Waals surface area contributed by atoms with E-state index < -0.39 is 0 Å². The maximum absolute atomic E-state index is 11.6. The topological polar surface area (TPSA) is 9.23 Å². The number of thioether (sulfide) groups is 1. The molecular weight excluding hydrogens is 159 g/mol. The normalized spacial score (nSPS) is 13.7. The fourth-order valence-corrected chi connectivity index (χ4v) is 1.59. The number of hydrogen-bond donors (Lipinski definition) is 0. The van der Waals surface area contributed by atoms with Gasteiger partial charge in [0.2, 0.25) is 0 Å². The van der Waals surface area contributed by atoms with E-state index in [-0.39, 0.29) is 5.44 Å². The fraction of sp³-hybridized carbons (Fsp3) is 1.00. The minimum absolute atomic E-state index is 0.0185. The molecule has 0 aliphatic heterocycles. The lowest BCUT2D eigenvalue weighted by molar-refractivity contribution is 0.140. The maximum Gasteiger partial charge on any atom is 0.114 e. The molecule has 1 nitrogen and oxygen atoms in total. The van der Waals surface area contributed by atoms with Crippen molar-refractivity contribution in [2.45, 2.75) is 12.4 Å². The molecule has 0 saturated carbocycles. The quantitative estimate of drug-likeness (QED) is 0.586. The van der Waals surface area contributed by atoms with E-state index in [0.29, 0.717) is 24.5 Å². The predicted molar refractivity (Wildman–Crippen MR) is 42.5 cm³/mol. The maximum atomic E-state index is 11.6. The van der Waals surface area contributed by atoms with E-state index in [1.165, 1.54) is 11.8 Å². The molecule has 0 aromatic carbocycles. The average molecular weight is 170 g/mol. The Kier molecular flexibility index (Phi) is 7.15. The van der Waals surface area contributed by atoms with Crippen LogP contribution in [0.25, 0.3) is 0 Å². The van der Waals surface area contributed by atoms with Crippen molar-refractivity contribution in [2.75, 3.05) is 18.6 Å². The van der Waals surface area contributed by atoms with Gasteiger partial charge in [-0.05, 0) is 13.2 Å². The molecule has 1 unspecified atom stereocenters. The number of hydrogen-bond acceptors (Lipinski definition) is 3. The Bertz CT molecular complexity index is 56.9. The highest BCUT2D eigenvalue weighted by Gasteiger charge is 2.04. The molecule has 0 heterocycles. The summed E-state index contributed by atoms with van der Waals surface area (Å²) in [7, 11) is 0. The number of ether oxygens (including phenoxy) is 1. The highest BCUT2D eigenvalue weighted by Crippen LogP contribution is 2.14. The first-order chi connectivity index (χ1) is 4.35. The summed E-state index contributed by atoms with van der Waals surface area (Å²) in [6.07, 6.45) is 1.91. The third-order valence-electron chi connectivity index (χ3n) is 0.815. The van der Waals surface area contributed by atoms with E-state index >= 15 is 0 Å². The van der Waals surface area contributed by atoms with E-state index in [2.05, 4.69) is 0 Å². The number of halogens is 1. The molecule has 0 N–H and O–H groups in total. The van der Waals surface area contributed by atoms with E-state index in [1.807, 2.05) is 13.2 Å². The molecule has 0 radical (unpaired) electrons. The SMILES string of the molecule is CCOC(CSF)SC. The molecule has 0 fully saturated rings. The first-order valence-corrected chi connectivity index (χ1v) is 4.90. The lowest BCUT2D eigenvalue weighted by Crippen LogP contribution is -2.09. The minimum atomic E-state index is 0.0185. The number of rotatable bonds is 5. The van der Waals surface area contributed by atoms with Crippen LogP contribution in [0, 0.1) is 0 Å². The van der Waals surface area contributed by atoms with E-state index in [4.69, 9.17) is 4.74 Å². The fourth-order valence-electron chi connectivity index (χ4n) is 0.422.